The fraction of sp³-hybridized carbons (Fsp3) is 0.462. The molecule has 1 nitrogen and oxygen atoms in total. The number of Topliss-reactive ketones (excluding diaryl/α,β-unsaturated/α-hetero) is 1. The summed E-state index contributed by atoms with van der Waals surface area (Å²) < 4.78 is 26.0. The smallest absolute Gasteiger partial charge is 0.162 e. The largest absolute Gasteiger partial charge is 0.298 e. The van der Waals surface area contributed by atoms with Gasteiger partial charge in [-0.1, -0.05) is 12.1 Å². The van der Waals surface area contributed by atoms with Crippen molar-refractivity contribution in [1.29, 1.82) is 0 Å². The van der Waals surface area contributed by atoms with Gasteiger partial charge in [-0.3, -0.25) is 4.79 Å². The second kappa shape index (κ2) is 4.77. The third-order valence-corrected chi connectivity index (χ3v) is 4.75. The minimum Gasteiger partial charge on any atom is -0.298 e. The Labute approximate surface area is 104 Å². The number of carbonyl (C=O) groups is 1. The van der Waals surface area contributed by atoms with E-state index in [2.05, 4.69) is 0 Å². The summed E-state index contributed by atoms with van der Waals surface area (Å²) in [6.45, 7) is 1.89. The minimum atomic E-state index is -0.896. The molecule has 2 rings (SSSR count). The van der Waals surface area contributed by atoms with Crippen LogP contribution in [-0.2, 0) is 11.2 Å². The van der Waals surface area contributed by atoms with Gasteiger partial charge in [-0.05, 0) is 37.1 Å². The molecule has 0 aliphatic carbocycles. The topological polar surface area (TPSA) is 17.1 Å². The lowest BCUT2D eigenvalue weighted by atomic mass is 9.95. The summed E-state index contributed by atoms with van der Waals surface area (Å²) in [6, 6.07) is 3.97. The van der Waals surface area contributed by atoms with E-state index in [9.17, 15) is 13.6 Å². The van der Waals surface area contributed by atoms with Crippen LogP contribution < -0.4 is 0 Å². The van der Waals surface area contributed by atoms with E-state index in [4.69, 9.17) is 0 Å². The maximum Gasteiger partial charge on any atom is 0.162 e. The van der Waals surface area contributed by atoms with Crippen LogP contribution >= 0.6 is 11.8 Å². The van der Waals surface area contributed by atoms with Crippen LogP contribution in [0.3, 0.4) is 0 Å². The molecule has 4 heteroatoms. The summed E-state index contributed by atoms with van der Waals surface area (Å²) in [5, 5.41) is 0. The van der Waals surface area contributed by atoms with E-state index in [0.29, 0.717) is 0 Å². The van der Waals surface area contributed by atoms with E-state index in [1.165, 1.54) is 12.1 Å². The van der Waals surface area contributed by atoms with Gasteiger partial charge < -0.3 is 0 Å². The Morgan fingerprint density at radius 3 is 2.88 bits per heavy atom. The molecule has 1 saturated heterocycles. The number of benzene rings is 1. The molecule has 1 aromatic carbocycles. The molecule has 1 heterocycles. The van der Waals surface area contributed by atoms with E-state index < -0.39 is 16.4 Å². The molecular weight excluding hydrogens is 242 g/mol. The second-order valence-electron chi connectivity index (χ2n) is 4.50. The Morgan fingerprint density at radius 2 is 2.24 bits per heavy atom. The van der Waals surface area contributed by atoms with Crippen molar-refractivity contribution in [3.8, 4) is 0 Å². The molecule has 1 unspecified atom stereocenters. The molecule has 92 valence electrons. The van der Waals surface area contributed by atoms with Crippen molar-refractivity contribution in [2.24, 2.45) is 0 Å². The van der Waals surface area contributed by atoms with E-state index in [1.807, 2.05) is 6.92 Å². The van der Waals surface area contributed by atoms with Gasteiger partial charge in [0.05, 0.1) is 4.75 Å². The zero-order valence-corrected chi connectivity index (χ0v) is 10.4. The van der Waals surface area contributed by atoms with Crippen LogP contribution in [-0.4, -0.2) is 16.3 Å². The predicted molar refractivity (Wildman–Crippen MR) is 65.2 cm³/mol. The molecule has 0 saturated carbocycles. The first-order valence-corrected chi connectivity index (χ1v) is 6.62. The van der Waals surface area contributed by atoms with Crippen molar-refractivity contribution in [2.75, 3.05) is 5.75 Å². The third-order valence-electron chi connectivity index (χ3n) is 3.19. The average molecular weight is 256 g/mol. The Balaban J connectivity index is 2.16. The van der Waals surface area contributed by atoms with Crippen LogP contribution in [0.4, 0.5) is 8.78 Å². The molecule has 0 N–H and O–H groups in total. The quantitative estimate of drug-likeness (QED) is 0.825. The van der Waals surface area contributed by atoms with Gasteiger partial charge in [0.2, 0.25) is 0 Å². The Bertz CT molecular complexity index is 439. The monoisotopic (exact) mass is 256 g/mol. The third kappa shape index (κ3) is 2.51. The number of ketones is 1. The lowest BCUT2D eigenvalue weighted by Gasteiger charge is -2.20. The molecule has 0 spiro atoms. The van der Waals surface area contributed by atoms with Gasteiger partial charge in [0.15, 0.2) is 17.4 Å². The normalized spacial score (nSPS) is 23.9. The highest BCUT2D eigenvalue weighted by Gasteiger charge is 2.36. The molecular formula is C13H14F2OS. The highest BCUT2D eigenvalue weighted by molar-refractivity contribution is 8.01. The fourth-order valence-corrected chi connectivity index (χ4v) is 3.30. The van der Waals surface area contributed by atoms with E-state index in [1.54, 1.807) is 11.8 Å². The van der Waals surface area contributed by atoms with E-state index in [0.717, 1.165) is 24.7 Å². The minimum absolute atomic E-state index is 0.00972. The molecule has 17 heavy (non-hydrogen) atoms. The van der Waals surface area contributed by atoms with Crippen LogP contribution in [0.1, 0.15) is 25.3 Å². The Kier molecular flexibility index (Phi) is 3.52. The summed E-state index contributed by atoms with van der Waals surface area (Å²) in [6.07, 6.45) is 1.82. The first-order chi connectivity index (χ1) is 8.03. The number of hydrogen-bond donors (Lipinski definition) is 0. The molecule has 0 radical (unpaired) electrons. The predicted octanol–water partition coefficient (Wildman–Crippen LogP) is 3.36. The van der Waals surface area contributed by atoms with E-state index in [-0.39, 0.29) is 17.8 Å². The van der Waals surface area contributed by atoms with Gasteiger partial charge in [-0.25, -0.2) is 8.78 Å². The summed E-state index contributed by atoms with van der Waals surface area (Å²) in [7, 11) is 0. The van der Waals surface area contributed by atoms with Crippen molar-refractivity contribution < 1.29 is 13.6 Å². The zero-order valence-electron chi connectivity index (χ0n) is 9.63. The second-order valence-corrected chi connectivity index (χ2v) is 6.09. The first kappa shape index (κ1) is 12.6. The first-order valence-electron chi connectivity index (χ1n) is 5.63. The molecule has 0 bridgehead atoms. The number of halogens is 2. The van der Waals surface area contributed by atoms with Gasteiger partial charge in [-0.15, -0.1) is 11.8 Å². The van der Waals surface area contributed by atoms with Crippen LogP contribution in [0.2, 0.25) is 0 Å². The molecule has 1 aromatic rings. The lowest BCUT2D eigenvalue weighted by Crippen LogP contribution is -2.30. The lowest BCUT2D eigenvalue weighted by molar-refractivity contribution is -0.120. The summed E-state index contributed by atoms with van der Waals surface area (Å²) in [5.74, 6) is -0.829. The number of thioether (sulfide) groups is 1. The standard InChI is InChI=1S/C13H14F2OS/c1-13(6-3-7-17-13)11(16)8-9-4-2-5-10(14)12(9)15/h2,4-5H,3,6-8H2,1H3. The van der Waals surface area contributed by atoms with E-state index >= 15 is 0 Å². The van der Waals surface area contributed by atoms with Gasteiger partial charge in [-0.2, -0.15) is 0 Å². The number of hydrogen-bond acceptors (Lipinski definition) is 2. The van der Waals surface area contributed by atoms with Crippen molar-refractivity contribution in [3.05, 3.63) is 35.4 Å². The van der Waals surface area contributed by atoms with Gasteiger partial charge in [0, 0.05) is 6.42 Å². The van der Waals surface area contributed by atoms with Crippen molar-refractivity contribution in [3.63, 3.8) is 0 Å². The summed E-state index contributed by atoms with van der Waals surface area (Å²) in [4.78, 5) is 12.1. The molecule has 1 aliphatic heterocycles. The highest BCUT2D eigenvalue weighted by Crippen LogP contribution is 2.39. The summed E-state index contributed by atoms with van der Waals surface area (Å²) in [5.41, 5.74) is 0.156. The molecule has 1 aliphatic rings. The van der Waals surface area contributed by atoms with Crippen molar-refractivity contribution >= 4 is 17.5 Å². The maximum absolute atomic E-state index is 13.4. The number of rotatable bonds is 3. The van der Waals surface area contributed by atoms with Gasteiger partial charge >= 0.3 is 0 Å². The number of carbonyl (C=O) groups excluding carboxylic acids is 1. The highest BCUT2D eigenvalue weighted by atomic mass is 32.2. The SMILES string of the molecule is CC1(C(=O)Cc2cccc(F)c2F)CCCS1. The van der Waals surface area contributed by atoms with Crippen molar-refractivity contribution in [1.82, 2.24) is 0 Å². The van der Waals surface area contributed by atoms with Crippen LogP contribution in [0.15, 0.2) is 18.2 Å². The zero-order chi connectivity index (χ0) is 12.5. The maximum atomic E-state index is 13.4. The summed E-state index contributed by atoms with van der Waals surface area (Å²) >= 11 is 1.62. The fourth-order valence-electron chi connectivity index (χ4n) is 2.04. The molecule has 1 atom stereocenters. The van der Waals surface area contributed by atoms with Crippen molar-refractivity contribution in [2.45, 2.75) is 30.9 Å². The Hall–Kier alpha value is -0.900. The van der Waals surface area contributed by atoms with Gasteiger partial charge in [0.1, 0.15) is 0 Å². The average Bonchev–Trinajstić information content (AvgIpc) is 2.73. The van der Waals surface area contributed by atoms with Crippen LogP contribution in [0.5, 0.6) is 0 Å². The Morgan fingerprint density at radius 1 is 1.47 bits per heavy atom. The molecule has 1 fully saturated rings. The van der Waals surface area contributed by atoms with Crippen LogP contribution in [0.25, 0.3) is 0 Å². The molecule has 0 amide bonds. The molecule has 0 aromatic heterocycles. The van der Waals surface area contributed by atoms with Gasteiger partial charge in [0.25, 0.3) is 0 Å². The van der Waals surface area contributed by atoms with Crippen LogP contribution in [0, 0.1) is 11.6 Å².